The Labute approximate surface area is 323 Å². The number of hydrogen-bond donors (Lipinski definition) is 0. The van der Waals surface area contributed by atoms with Crippen LogP contribution in [0.3, 0.4) is 0 Å². The molecule has 0 aromatic carbocycles. The lowest BCUT2D eigenvalue weighted by atomic mass is 10.0. The van der Waals surface area contributed by atoms with Crippen molar-refractivity contribution < 1.29 is 37.3 Å². The fourth-order valence-electron chi connectivity index (χ4n) is 6.43. The SMILES string of the molecule is CCCCCCCCCCCCCCCCCCCCOCC(COP(=O)([O-])OCC[N+](C)(C)C)OC(=O)CCCCCCCCCCCCCC. The van der Waals surface area contributed by atoms with Crippen molar-refractivity contribution in [3.63, 3.8) is 0 Å². The smallest absolute Gasteiger partial charge is 0.306 e. The van der Waals surface area contributed by atoms with Crippen LogP contribution in [0, 0.1) is 0 Å². The van der Waals surface area contributed by atoms with E-state index in [0.29, 0.717) is 24.1 Å². The Morgan fingerprint density at radius 2 is 0.885 bits per heavy atom. The first-order valence-electron chi connectivity index (χ1n) is 22.3. The molecule has 9 heteroatoms. The van der Waals surface area contributed by atoms with Gasteiger partial charge in [-0.25, -0.2) is 0 Å². The molecule has 0 spiro atoms. The second-order valence-electron chi connectivity index (χ2n) is 16.4. The van der Waals surface area contributed by atoms with Crippen molar-refractivity contribution in [3.8, 4) is 0 Å². The predicted octanol–water partition coefficient (Wildman–Crippen LogP) is 12.3. The van der Waals surface area contributed by atoms with Crippen LogP contribution in [0.1, 0.15) is 213 Å². The summed E-state index contributed by atoms with van der Waals surface area (Å²) in [7, 11) is 1.37. The van der Waals surface area contributed by atoms with Crippen molar-refractivity contribution in [3.05, 3.63) is 0 Å². The van der Waals surface area contributed by atoms with Gasteiger partial charge in [0.1, 0.15) is 19.3 Å². The molecule has 0 aromatic rings. The van der Waals surface area contributed by atoms with E-state index in [-0.39, 0.29) is 25.8 Å². The first-order valence-corrected chi connectivity index (χ1v) is 23.7. The van der Waals surface area contributed by atoms with Crippen molar-refractivity contribution in [2.45, 2.75) is 219 Å². The van der Waals surface area contributed by atoms with E-state index in [4.69, 9.17) is 18.5 Å². The van der Waals surface area contributed by atoms with Crippen molar-refractivity contribution in [2.24, 2.45) is 0 Å². The van der Waals surface area contributed by atoms with Gasteiger partial charge in [0.25, 0.3) is 7.82 Å². The Morgan fingerprint density at radius 1 is 0.519 bits per heavy atom. The molecule has 0 rings (SSSR count). The third kappa shape index (κ3) is 40.7. The van der Waals surface area contributed by atoms with Crippen LogP contribution in [0.25, 0.3) is 0 Å². The number of esters is 1. The van der Waals surface area contributed by atoms with Crippen LogP contribution in [0.2, 0.25) is 0 Å². The number of nitrogens with zero attached hydrogens (tertiary/aromatic N) is 1. The first kappa shape index (κ1) is 51.5. The number of quaternary nitrogens is 1. The Kier molecular flexibility index (Phi) is 37.1. The quantitative estimate of drug-likeness (QED) is 0.0264. The van der Waals surface area contributed by atoms with Gasteiger partial charge in [-0.2, -0.15) is 0 Å². The normalized spacial score (nSPS) is 13.7. The fraction of sp³-hybridized carbons (Fsp3) is 0.977. The maximum Gasteiger partial charge on any atom is 0.306 e. The second kappa shape index (κ2) is 37.4. The summed E-state index contributed by atoms with van der Waals surface area (Å²) in [5.74, 6) is -0.330. The zero-order chi connectivity index (χ0) is 38.4. The molecule has 312 valence electrons. The molecule has 0 N–H and O–H groups in total. The summed E-state index contributed by atoms with van der Waals surface area (Å²) >= 11 is 0. The largest absolute Gasteiger partial charge is 0.756 e. The van der Waals surface area contributed by atoms with Gasteiger partial charge < -0.3 is 27.9 Å². The second-order valence-corrected chi connectivity index (χ2v) is 17.8. The van der Waals surface area contributed by atoms with Crippen LogP contribution in [0.15, 0.2) is 0 Å². The molecule has 0 aromatic heterocycles. The van der Waals surface area contributed by atoms with Gasteiger partial charge in [0, 0.05) is 13.0 Å². The molecular weight excluding hydrogens is 673 g/mol. The summed E-state index contributed by atoms with van der Waals surface area (Å²) in [5, 5.41) is 0. The highest BCUT2D eigenvalue weighted by Gasteiger charge is 2.20. The van der Waals surface area contributed by atoms with Gasteiger partial charge in [-0.1, -0.05) is 194 Å². The molecule has 0 amide bonds. The molecule has 0 saturated heterocycles. The average Bonchev–Trinajstić information content (AvgIpc) is 3.09. The van der Waals surface area contributed by atoms with Crippen LogP contribution in [0.5, 0.6) is 0 Å². The third-order valence-corrected chi connectivity index (χ3v) is 10.9. The van der Waals surface area contributed by atoms with Gasteiger partial charge >= 0.3 is 5.97 Å². The molecule has 0 radical (unpaired) electrons. The number of ether oxygens (including phenoxy) is 2. The van der Waals surface area contributed by atoms with Crippen LogP contribution in [-0.4, -0.2) is 70.7 Å². The molecule has 0 aliphatic rings. The van der Waals surface area contributed by atoms with E-state index < -0.39 is 13.9 Å². The summed E-state index contributed by atoms with van der Waals surface area (Å²) in [4.78, 5) is 25.0. The number of rotatable bonds is 42. The Hall–Kier alpha value is -0.500. The number of carbonyl (C=O) groups excluding carboxylic acids is 1. The Bertz CT molecular complexity index is 807. The molecule has 0 saturated carbocycles. The predicted molar refractivity (Wildman–Crippen MR) is 218 cm³/mol. The fourth-order valence-corrected chi connectivity index (χ4v) is 7.16. The number of phosphoric acid groups is 1. The molecule has 0 fully saturated rings. The van der Waals surface area contributed by atoms with Gasteiger partial charge in [0.15, 0.2) is 0 Å². The lowest BCUT2D eigenvalue weighted by Crippen LogP contribution is -2.37. The minimum Gasteiger partial charge on any atom is -0.756 e. The van der Waals surface area contributed by atoms with E-state index in [9.17, 15) is 14.3 Å². The monoisotopic (exact) mass is 762 g/mol. The molecule has 0 aliphatic heterocycles. The van der Waals surface area contributed by atoms with Gasteiger partial charge in [0.05, 0.1) is 34.4 Å². The van der Waals surface area contributed by atoms with E-state index in [0.717, 1.165) is 32.1 Å². The average molecular weight is 762 g/mol. The van der Waals surface area contributed by atoms with Crippen LogP contribution in [-0.2, 0) is 27.9 Å². The lowest BCUT2D eigenvalue weighted by Gasteiger charge is -2.28. The first-order chi connectivity index (χ1) is 25.1. The highest BCUT2D eigenvalue weighted by atomic mass is 31.2. The Balaban J connectivity index is 4.14. The Morgan fingerprint density at radius 3 is 1.27 bits per heavy atom. The molecular formula is C43H88NO7P. The molecule has 0 aliphatic carbocycles. The van der Waals surface area contributed by atoms with Crippen LogP contribution in [0.4, 0.5) is 0 Å². The van der Waals surface area contributed by atoms with Gasteiger partial charge in [-0.15, -0.1) is 0 Å². The topological polar surface area (TPSA) is 94.1 Å². The van der Waals surface area contributed by atoms with Crippen LogP contribution < -0.4 is 4.89 Å². The number of unbranched alkanes of at least 4 members (excludes halogenated alkanes) is 28. The van der Waals surface area contributed by atoms with Crippen molar-refractivity contribution in [1.82, 2.24) is 0 Å². The lowest BCUT2D eigenvalue weighted by molar-refractivity contribution is -0.870. The van der Waals surface area contributed by atoms with Gasteiger partial charge in [0.2, 0.25) is 0 Å². The van der Waals surface area contributed by atoms with Crippen molar-refractivity contribution in [1.29, 1.82) is 0 Å². The number of carbonyl (C=O) groups is 1. The highest BCUT2D eigenvalue weighted by molar-refractivity contribution is 7.45. The summed E-state index contributed by atoms with van der Waals surface area (Å²) < 4.78 is 34.6. The minimum absolute atomic E-state index is 0.0313. The maximum absolute atomic E-state index is 12.6. The standard InChI is InChI=1S/C43H88NO7P/c1-6-8-10-12-14-16-18-20-21-22-23-24-25-27-29-31-33-35-38-48-40-42(41-50-52(46,47)49-39-37-44(3,4)5)51-43(45)36-34-32-30-28-26-19-17-15-13-11-9-7-2/h42H,6-41H2,1-5H3. The maximum atomic E-state index is 12.6. The molecule has 2 unspecified atom stereocenters. The highest BCUT2D eigenvalue weighted by Crippen LogP contribution is 2.38. The number of hydrogen-bond acceptors (Lipinski definition) is 7. The molecule has 52 heavy (non-hydrogen) atoms. The van der Waals surface area contributed by atoms with Gasteiger partial charge in [-0.05, 0) is 12.8 Å². The van der Waals surface area contributed by atoms with E-state index in [2.05, 4.69) is 13.8 Å². The zero-order valence-electron chi connectivity index (χ0n) is 35.3. The number of likely N-dealkylation sites (N-methyl/N-ethyl adjacent to an activating group) is 1. The number of phosphoric ester groups is 1. The summed E-state index contributed by atoms with van der Waals surface area (Å²) in [6, 6.07) is 0. The zero-order valence-corrected chi connectivity index (χ0v) is 36.2. The summed E-state index contributed by atoms with van der Waals surface area (Å²) in [5.41, 5.74) is 0. The molecule has 0 heterocycles. The molecule has 2 atom stereocenters. The van der Waals surface area contributed by atoms with Crippen LogP contribution >= 0.6 is 7.82 Å². The minimum atomic E-state index is -4.51. The van der Waals surface area contributed by atoms with E-state index >= 15 is 0 Å². The van der Waals surface area contributed by atoms with E-state index in [1.54, 1.807) is 0 Å². The van der Waals surface area contributed by atoms with E-state index in [1.807, 2.05) is 21.1 Å². The summed E-state index contributed by atoms with van der Waals surface area (Å²) in [6.45, 7) is 5.46. The van der Waals surface area contributed by atoms with Crippen molar-refractivity contribution in [2.75, 3.05) is 54.1 Å². The van der Waals surface area contributed by atoms with Gasteiger partial charge in [-0.3, -0.25) is 9.36 Å². The molecule has 8 nitrogen and oxygen atoms in total. The third-order valence-electron chi connectivity index (χ3n) is 9.91. The summed E-state index contributed by atoms with van der Waals surface area (Å²) in [6.07, 6.45) is 38.2. The van der Waals surface area contributed by atoms with Crippen molar-refractivity contribution >= 4 is 13.8 Å². The van der Waals surface area contributed by atoms with E-state index in [1.165, 1.54) is 161 Å². The molecule has 0 bridgehead atoms.